The van der Waals surface area contributed by atoms with Gasteiger partial charge < -0.3 is 11.1 Å². The summed E-state index contributed by atoms with van der Waals surface area (Å²) in [6.45, 7) is 0. The first-order valence-electron chi connectivity index (χ1n) is 4.76. The minimum atomic E-state index is -0.524. The second-order valence-corrected chi connectivity index (χ2v) is 4.82. The van der Waals surface area contributed by atoms with E-state index in [1.165, 1.54) is 12.1 Å². The van der Waals surface area contributed by atoms with E-state index in [0.29, 0.717) is 11.3 Å². The van der Waals surface area contributed by atoms with Crippen molar-refractivity contribution < 1.29 is 9.59 Å². The molecule has 2 aromatic rings. The Labute approximate surface area is 111 Å². The summed E-state index contributed by atoms with van der Waals surface area (Å²) in [6, 6.07) is 6.18. The first-order valence-corrected chi connectivity index (χ1v) is 5.96. The highest BCUT2D eigenvalue weighted by Gasteiger charge is 2.12. The van der Waals surface area contributed by atoms with Crippen molar-refractivity contribution >= 4 is 40.4 Å². The van der Waals surface area contributed by atoms with Gasteiger partial charge in [0.1, 0.15) is 0 Å². The van der Waals surface area contributed by atoms with Gasteiger partial charge in [0.15, 0.2) is 0 Å². The average molecular weight is 283 g/mol. The summed E-state index contributed by atoms with van der Waals surface area (Å²) in [4.78, 5) is 22.6. The average Bonchev–Trinajstić information content (AvgIpc) is 2.76. The Bertz CT molecular complexity index is 596. The van der Waals surface area contributed by atoms with Crippen LogP contribution in [-0.2, 0) is 0 Å². The number of anilines is 1. The van der Waals surface area contributed by atoms with Crippen LogP contribution in [0.2, 0.25) is 4.47 Å². The summed E-state index contributed by atoms with van der Waals surface area (Å²) in [5.41, 5.74) is 5.99. The molecule has 6 nitrogen and oxygen atoms in total. The highest BCUT2D eigenvalue weighted by Crippen LogP contribution is 2.17. The lowest BCUT2D eigenvalue weighted by Crippen LogP contribution is -2.13. The third-order valence-corrected chi connectivity index (χ3v) is 3.04. The Balaban J connectivity index is 2.10. The molecule has 0 spiro atoms. The van der Waals surface area contributed by atoms with Crippen molar-refractivity contribution in [3.8, 4) is 0 Å². The van der Waals surface area contributed by atoms with E-state index in [1.807, 2.05) is 0 Å². The minimum Gasteiger partial charge on any atom is -0.366 e. The summed E-state index contributed by atoms with van der Waals surface area (Å²) in [5.74, 6) is -0.935. The smallest absolute Gasteiger partial charge is 0.286 e. The third kappa shape index (κ3) is 2.82. The van der Waals surface area contributed by atoms with Crippen molar-refractivity contribution in [2.45, 2.75) is 0 Å². The molecule has 0 bridgehead atoms. The quantitative estimate of drug-likeness (QED) is 0.892. The zero-order chi connectivity index (χ0) is 13.1. The van der Waals surface area contributed by atoms with Gasteiger partial charge in [0, 0.05) is 11.3 Å². The van der Waals surface area contributed by atoms with E-state index in [1.54, 1.807) is 12.1 Å². The molecule has 1 heterocycles. The van der Waals surface area contributed by atoms with E-state index in [-0.39, 0.29) is 9.47 Å². The van der Waals surface area contributed by atoms with E-state index in [2.05, 4.69) is 15.5 Å². The van der Waals surface area contributed by atoms with Crippen LogP contribution in [0.4, 0.5) is 5.69 Å². The largest absolute Gasteiger partial charge is 0.366 e. The molecule has 0 aliphatic rings. The van der Waals surface area contributed by atoms with Gasteiger partial charge in [0.05, 0.1) is 0 Å². The lowest BCUT2D eigenvalue weighted by molar-refractivity contribution is 0.0998. The molecule has 1 aromatic carbocycles. The maximum atomic E-state index is 11.7. The molecular formula is C10H7ClN4O2S. The predicted molar refractivity (Wildman–Crippen MR) is 67.8 cm³/mol. The topological polar surface area (TPSA) is 98.0 Å². The van der Waals surface area contributed by atoms with Crippen molar-refractivity contribution in [1.82, 2.24) is 10.2 Å². The molecule has 0 aliphatic carbocycles. The first kappa shape index (κ1) is 12.5. The van der Waals surface area contributed by atoms with Crippen LogP contribution in [0.15, 0.2) is 24.3 Å². The number of aromatic nitrogens is 2. The predicted octanol–water partition coefficient (Wildman–Crippen LogP) is 1.54. The number of nitrogens with one attached hydrogen (secondary N) is 1. The van der Waals surface area contributed by atoms with Crippen molar-refractivity contribution in [3.63, 3.8) is 0 Å². The van der Waals surface area contributed by atoms with Crippen LogP contribution in [0.25, 0.3) is 0 Å². The van der Waals surface area contributed by atoms with E-state index in [4.69, 9.17) is 17.3 Å². The van der Waals surface area contributed by atoms with Crippen molar-refractivity contribution in [1.29, 1.82) is 0 Å². The number of benzene rings is 1. The van der Waals surface area contributed by atoms with Gasteiger partial charge in [0.2, 0.25) is 15.4 Å². The molecule has 2 rings (SSSR count). The molecule has 3 N–H and O–H groups in total. The lowest BCUT2D eigenvalue weighted by Gasteiger charge is -2.02. The Morgan fingerprint density at radius 2 is 1.89 bits per heavy atom. The van der Waals surface area contributed by atoms with Crippen LogP contribution < -0.4 is 11.1 Å². The Hall–Kier alpha value is -1.99. The zero-order valence-corrected chi connectivity index (χ0v) is 10.5. The number of hydrogen-bond acceptors (Lipinski definition) is 5. The molecule has 8 heteroatoms. The molecule has 0 fully saturated rings. The number of amides is 2. The highest BCUT2D eigenvalue weighted by molar-refractivity contribution is 7.17. The monoisotopic (exact) mass is 282 g/mol. The molecule has 92 valence electrons. The van der Waals surface area contributed by atoms with Crippen LogP contribution in [0.3, 0.4) is 0 Å². The SMILES string of the molecule is NC(=O)c1ccc(NC(=O)c2nnc(Cl)s2)cc1. The molecule has 0 atom stereocenters. The normalized spacial score (nSPS) is 10.1. The molecule has 0 aliphatic heterocycles. The molecule has 0 saturated heterocycles. The fourth-order valence-electron chi connectivity index (χ4n) is 1.20. The first-order chi connectivity index (χ1) is 8.56. The van der Waals surface area contributed by atoms with Crippen molar-refractivity contribution in [3.05, 3.63) is 39.3 Å². The van der Waals surface area contributed by atoms with E-state index in [9.17, 15) is 9.59 Å². The standard InChI is InChI=1S/C10H7ClN4O2S/c11-10-15-14-9(18-10)8(17)13-6-3-1-5(2-4-6)7(12)16/h1-4H,(H2,12,16)(H,13,17). The summed E-state index contributed by atoms with van der Waals surface area (Å²) in [5, 5.41) is 9.90. The molecule has 0 radical (unpaired) electrons. The minimum absolute atomic E-state index is 0.166. The number of carbonyl (C=O) groups is 2. The number of primary amides is 1. The van der Waals surface area contributed by atoms with Crippen LogP contribution in [0.1, 0.15) is 20.2 Å². The molecule has 1 aromatic heterocycles. The van der Waals surface area contributed by atoms with Gasteiger partial charge in [-0.1, -0.05) is 11.3 Å². The van der Waals surface area contributed by atoms with Gasteiger partial charge in [0.25, 0.3) is 5.91 Å². The second kappa shape index (κ2) is 5.11. The van der Waals surface area contributed by atoms with Gasteiger partial charge >= 0.3 is 0 Å². The zero-order valence-electron chi connectivity index (χ0n) is 8.88. The summed E-state index contributed by atoms with van der Waals surface area (Å²) < 4.78 is 0.198. The maximum Gasteiger partial charge on any atom is 0.286 e. The van der Waals surface area contributed by atoms with Gasteiger partial charge in [-0.25, -0.2) is 0 Å². The van der Waals surface area contributed by atoms with Crippen LogP contribution in [0, 0.1) is 0 Å². The molecule has 0 unspecified atom stereocenters. The van der Waals surface area contributed by atoms with E-state index >= 15 is 0 Å². The highest BCUT2D eigenvalue weighted by atomic mass is 35.5. The molecule has 0 saturated carbocycles. The lowest BCUT2D eigenvalue weighted by atomic mass is 10.2. The van der Waals surface area contributed by atoms with E-state index < -0.39 is 11.8 Å². The Morgan fingerprint density at radius 3 is 2.39 bits per heavy atom. The van der Waals surface area contributed by atoms with Crippen LogP contribution in [-0.4, -0.2) is 22.0 Å². The summed E-state index contributed by atoms with van der Waals surface area (Å²) in [7, 11) is 0. The van der Waals surface area contributed by atoms with E-state index in [0.717, 1.165) is 11.3 Å². The number of rotatable bonds is 3. The van der Waals surface area contributed by atoms with Gasteiger partial charge in [-0.15, -0.1) is 10.2 Å². The second-order valence-electron chi connectivity index (χ2n) is 3.26. The molecule has 18 heavy (non-hydrogen) atoms. The van der Waals surface area contributed by atoms with Crippen molar-refractivity contribution in [2.24, 2.45) is 5.73 Å². The fraction of sp³-hybridized carbons (Fsp3) is 0. The number of nitrogens with two attached hydrogens (primary N) is 1. The number of halogens is 1. The number of hydrogen-bond donors (Lipinski definition) is 2. The fourth-order valence-corrected chi connectivity index (χ4v) is 1.92. The maximum absolute atomic E-state index is 11.7. The van der Waals surface area contributed by atoms with Gasteiger partial charge in [-0.3, -0.25) is 9.59 Å². The van der Waals surface area contributed by atoms with Gasteiger partial charge in [-0.2, -0.15) is 0 Å². The molecular weight excluding hydrogens is 276 g/mol. The number of carbonyl (C=O) groups excluding carboxylic acids is 2. The molecule has 2 amide bonds. The Morgan fingerprint density at radius 1 is 1.22 bits per heavy atom. The van der Waals surface area contributed by atoms with Gasteiger partial charge in [-0.05, 0) is 35.9 Å². The summed E-state index contributed by atoms with van der Waals surface area (Å²) in [6.07, 6.45) is 0. The van der Waals surface area contributed by atoms with Crippen LogP contribution in [0.5, 0.6) is 0 Å². The van der Waals surface area contributed by atoms with Crippen LogP contribution >= 0.6 is 22.9 Å². The van der Waals surface area contributed by atoms with Crippen molar-refractivity contribution in [2.75, 3.05) is 5.32 Å². The Kier molecular flexibility index (Phi) is 3.54. The number of nitrogens with zero attached hydrogens (tertiary/aromatic N) is 2. The third-order valence-electron chi connectivity index (χ3n) is 2.02. The summed E-state index contributed by atoms with van der Waals surface area (Å²) >= 11 is 6.56.